The number of aromatic nitrogens is 1. The van der Waals surface area contributed by atoms with Crippen LogP contribution in [-0.2, 0) is 22.4 Å². The van der Waals surface area contributed by atoms with Gasteiger partial charge in [-0.05, 0) is 59.8 Å². The summed E-state index contributed by atoms with van der Waals surface area (Å²) in [5.74, 6) is -0.193. The molecule has 5 aromatic rings. The van der Waals surface area contributed by atoms with Gasteiger partial charge in [-0.25, -0.2) is 4.98 Å². The third kappa shape index (κ3) is 7.35. The Balaban J connectivity index is 0.00000370. The molecular formula is C34H33BrNO3P. The van der Waals surface area contributed by atoms with E-state index < -0.39 is 7.92 Å². The van der Waals surface area contributed by atoms with Crippen LogP contribution in [0.1, 0.15) is 41.6 Å². The van der Waals surface area contributed by atoms with E-state index in [9.17, 15) is 4.79 Å². The number of halogens is 1. The molecule has 0 spiro atoms. The van der Waals surface area contributed by atoms with Crippen molar-refractivity contribution >= 4 is 46.8 Å². The number of esters is 1. The van der Waals surface area contributed by atoms with E-state index in [1.54, 1.807) is 6.26 Å². The normalized spacial score (nSPS) is 11.6. The van der Waals surface area contributed by atoms with Gasteiger partial charge in [0.25, 0.3) is 0 Å². The van der Waals surface area contributed by atoms with Crippen molar-refractivity contribution in [1.82, 2.24) is 4.98 Å². The van der Waals surface area contributed by atoms with Gasteiger partial charge in [0.2, 0.25) is 0 Å². The average molecular weight is 615 g/mol. The molecule has 0 fully saturated rings. The summed E-state index contributed by atoms with van der Waals surface area (Å²) in [7, 11) is -0.833. The minimum Gasteiger partial charge on any atom is -0.466 e. The fraction of sp³-hybridized carbons (Fsp3) is 0.176. The molecule has 40 heavy (non-hydrogen) atoms. The molecular weight excluding hydrogens is 581 g/mol. The highest BCUT2D eigenvalue weighted by Gasteiger charge is 2.25. The Bertz CT molecular complexity index is 1420. The smallest absolute Gasteiger partial charge is 0.306 e. The molecule has 204 valence electrons. The summed E-state index contributed by atoms with van der Waals surface area (Å²) >= 11 is 0. The minimum absolute atomic E-state index is 0. The van der Waals surface area contributed by atoms with Gasteiger partial charge in [0.05, 0.1) is 18.7 Å². The zero-order valence-electron chi connectivity index (χ0n) is 22.5. The predicted octanol–water partition coefficient (Wildman–Crippen LogP) is 6.88. The molecule has 4 aromatic carbocycles. The van der Waals surface area contributed by atoms with Crippen LogP contribution < -0.4 is 15.9 Å². The Hall–Kier alpha value is -3.53. The van der Waals surface area contributed by atoms with Crippen LogP contribution in [0.2, 0.25) is 0 Å². The summed E-state index contributed by atoms with van der Waals surface area (Å²) in [6.45, 7) is 2.23. The third-order valence-electron chi connectivity index (χ3n) is 6.81. The topological polar surface area (TPSA) is 52.3 Å². The molecule has 1 atom stereocenters. The lowest BCUT2D eigenvalue weighted by molar-refractivity contribution is -0.143. The molecule has 5 rings (SSSR count). The van der Waals surface area contributed by atoms with Crippen molar-refractivity contribution in [1.29, 1.82) is 0 Å². The van der Waals surface area contributed by atoms with E-state index in [1.807, 2.05) is 25.1 Å². The number of benzene rings is 4. The lowest BCUT2D eigenvalue weighted by atomic mass is 9.87. The fourth-order valence-corrected chi connectivity index (χ4v) is 7.57. The molecule has 0 saturated carbocycles. The van der Waals surface area contributed by atoms with Crippen LogP contribution in [0, 0.1) is 0 Å². The second-order valence-corrected chi connectivity index (χ2v) is 11.6. The lowest BCUT2D eigenvalue weighted by Crippen LogP contribution is -2.26. The van der Waals surface area contributed by atoms with Gasteiger partial charge in [-0.1, -0.05) is 109 Å². The third-order valence-corrected chi connectivity index (χ3v) is 9.34. The molecule has 0 radical (unpaired) electrons. The van der Waals surface area contributed by atoms with Crippen LogP contribution >= 0.6 is 24.9 Å². The Morgan fingerprint density at radius 2 is 1.48 bits per heavy atom. The number of oxazole rings is 1. The molecule has 0 N–H and O–H groups in total. The van der Waals surface area contributed by atoms with Gasteiger partial charge in [-0.15, -0.1) is 17.0 Å². The van der Waals surface area contributed by atoms with E-state index in [0.29, 0.717) is 25.9 Å². The SMILES string of the molecule is Br.CCOC(=O)CC(Cc1c(Cc2cocn2)cccc1P(c1ccccc1)c1ccccc1)c1ccccc1. The summed E-state index contributed by atoms with van der Waals surface area (Å²) in [6.07, 6.45) is 4.89. The number of hydrogen-bond donors (Lipinski definition) is 0. The summed E-state index contributed by atoms with van der Waals surface area (Å²) < 4.78 is 10.7. The number of ether oxygens (including phenoxy) is 1. The number of carbonyl (C=O) groups excluding carboxylic acids is 1. The molecule has 1 aromatic heterocycles. The van der Waals surface area contributed by atoms with Gasteiger partial charge in [0, 0.05) is 6.42 Å². The summed E-state index contributed by atoms with van der Waals surface area (Å²) in [6, 6.07) is 38.4. The largest absolute Gasteiger partial charge is 0.466 e. The van der Waals surface area contributed by atoms with Crippen LogP contribution in [0.3, 0.4) is 0 Å². The maximum atomic E-state index is 12.8. The van der Waals surface area contributed by atoms with Gasteiger partial charge >= 0.3 is 5.97 Å². The molecule has 6 heteroatoms. The highest BCUT2D eigenvalue weighted by molar-refractivity contribution is 8.93. The molecule has 1 unspecified atom stereocenters. The summed E-state index contributed by atoms with van der Waals surface area (Å²) in [5, 5.41) is 3.88. The molecule has 0 aliphatic rings. The first-order valence-electron chi connectivity index (χ1n) is 13.3. The van der Waals surface area contributed by atoms with Crippen LogP contribution in [0.15, 0.2) is 126 Å². The van der Waals surface area contributed by atoms with Gasteiger partial charge in [0.1, 0.15) is 6.26 Å². The first kappa shape index (κ1) is 29.5. The first-order valence-corrected chi connectivity index (χ1v) is 14.7. The van der Waals surface area contributed by atoms with Gasteiger partial charge < -0.3 is 9.15 Å². The maximum Gasteiger partial charge on any atom is 0.306 e. The van der Waals surface area contributed by atoms with Crippen molar-refractivity contribution in [3.05, 3.63) is 144 Å². The van der Waals surface area contributed by atoms with E-state index in [1.165, 1.54) is 33.4 Å². The number of carbonyl (C=O) groups is 1. The second kappa shape index (κ2) is 14.7. The van der Waals surface area contributed by atoms with Crippen molar-refractivity contribution in [3.8, 4) is 0 Å². The zero-order valence-corrected chi connectivity index (χ0v) is 25.1. The molecule has 4 nitrogen and oxygen atoms in total. The first-order chi connectivity index (χ1) is 19.2. The number of hydrogen-bond acceptors (Lipinski definition) is 4. The standard InChI is InChI=1S/C34H32NO3P.BrH/c1-2-38-34(36)23-28(26-13-6-3-7-14-26)22-32-27(21-29-24-37-25-35-29)15-12-20-33(32)39(30-16-8-4-9-17-30)31-18-10-5-11-19-31;/h3-20,24-25,28H,2,21-23H2,1H3;1H. The molecule has 0 amide bonds. The van der Waals surface area contributed by atoms with Crippen molar-refractivity contribution in [2.45, 2.75) is 32.1 Å². The predicted molar refractivity (Wildman–Crippen MR) is 169 cm³/mol. The lowest BCUT2D eigenvalue weighted by Gasteiger charge is -2.26. The monoisotopic (exact) mass is 613 g/mol. The Morgan fingerprint density at radius 3 is 2.05 bits per heavy atom. The summed E-state index contributed by atoms with van der Waals surface area (Å²) in [5.41, 5.74) is 4.48. The molecule has 0 saturated heterocycles. The van der Waals surface area contributed by atoms with Crippen LogP contribution in [0.4, 0.5) is 0 Å². The van der Waals surface area contributed by atoms with E-state index in [-0.39, 0.29) is 28.9 Å². The van der Waals surface area contributed by atoms with Gasteiger partial charge in [-0.2, -0.15) is 0 Å². The molecule has 0 bridgehead atoms. The van der Waals surface area contributed by atoms with Crippen LogP contribution in [0.5, 0.6) is 0 Å². The molecule has 1 heterocycles. The van der Waals surface area contributed by atoms with Crippen molar-refractivity contribution < 1.29 is 13.9 Å². The molecule has 0 aliphatic heterocycles. The van der Waals surface area contributed by atoms with Crippen molar-refractivity contribution in [2.24, 2.45) is 0 Å². The van der Waals surface area contributed by atoms with Crippen molar-refractivity contribution in [3.63, 3.8) is 0 Å². The highest BCUT2D eigenvalue weighted by Crippen LogP contribution is 2.37. The Morgan fingerprint density at radius 1 is 0.850 bits per heavy atom. The quantitative estimate of drug-likeness (QED) is 0.120. The zero-order chi connectivity index (χ0) is 26.9. The van der Waals surface area contributed by atoms with E-state index in [0.717, 1.165) is 11.3 Å². The maximum absolute atomic E-state index is 12.8. The number of nitrogens with zero attached hydrogens (tertiary/aromatic N) is 1. The van der Waals surface area contributed by atoms with Gasteiger partial charge in [0.15, 0.2) is 6.39 Å². The Labute approximate surface area is 248 Å². The molecule has 0 aliphatic carbocycles. The van der Waals surface area contributed by atoms with Gasteiger partial charge in [-0.3, -0.25) is 4.79 Å². The van der Waals surface area contributed by atoms with Crippen LogP contribution in [0.25, 0.3) is 0 Å². The Kier molecular flexibility index (Phi) is 10.9. The van der Waals surface area contributed by atoms with E-state index >= 15 is 0 Å². The van der Waals surface area contributed by atoms with E-state index in [2.05, 4.69) is 96.0 Å². The summed E-state index contributed by atoms with van der Waals surface area (Å²) in [4.78, 5) is 17.2. The van der Waals surface area contributed by atoms with Crippen LogP contribution in [-0.4, -0.2) is 17.6 Å². The fourth-order valence-electron chi connectivity index (χ4n) is 5.03. The number of rotatable bonds is 11. The van der Waals surface area contributed by atoms with E-state index in [4.69, 9.17) is 9.15 Å². The minimum atomic E-state index is -0.833. The second-order valence-electron chi connectivity index (χ2n) is 9.40. The van der Waals surface area contributed by atoms with Crippen molar-refractivity contribution in [2.75, 3.05) is 6.61 Å². The average Bonchev–Trinajstić information content (AvgIpc) is 3.49. The highest BCUT2D eigenvalue weighted by atomic mass is 79.9.